The van der Waals surface area contributed by atoms with E-state index in [1.807, 2.05) is 28.8 Å². The molecule has 0 unspecified atom stereocenters. The molecule has 0 aliphatic carbocycles. The second-order valence-corrected chi connectivity index (χ2v) is 8.46. The van der Waals surface area contributed by atoms with Crippen molar-refractivity contribution in [2.24, 2.45) is 0 Å². The average molecular weight is 480 g/mol. The highest BCUT2D eigenvalue weighted by atomic mass is 35.5. The fourth-order valence-electron chi connectivity index (χ4n) is 3.92. The fraction of sp³-hybridized carbons (Fsp3) is 0.308. The Morgan fingerprint density at radius 2 is 1.88 bits per heavy atom. The number of aliphatic hydroxyl groups excluding tert-OH is 1. The SMILES string of the molecule is O=C(NCc1ccc(Cl)cc1)c1cn(CCN2CCOCC2)c2ccc(C#CCO)cc2c1=O. The zero-order chi connectivity index (χ0) is 23.9. The molecule has 0 spiro atoms. The topological polar surface area (TPSA) is 83.8 Å². The first-order valence-electron chi connectivity index (χ1n) is 11.1. The number of rotatable bonds is 6. The van der Waals surface area contributed by atoms with Gasteiger partial charge in [0.05, 0.1) is 18.7 Å². The molecule has 7 nitrogen and oxygen atoms in total. The number of carbonyl (C=O) groups excluding carboxylic acids is 1. The second kappa shape index (κ2) is 11.3. The number of pyridine rings is 1. The Labute approximate surface area is 202 Å². The summed E-state index contributed by atoms with van der Waals surface area (Å²) >= 11 is 5.93. The van der Waals surface area contributed by atoms with Crippen LogP contribution in [0.5, 0.6) is 0 Å². The Kier molecular flexibility index (Phi) is 7.99. The van der Waals surface area contributed by atoms with Crippen LogP contribution in [0.3, 0.4) is 0 Å². The van der Waals surface area contributed by atoms with Crippen molar-refractivity contribution in [2.45, 2.75) is 13.1 Å². The van der Waals surface area contributed by atoms with Crippen molar-refractivity contribution >= 4 is 28.4 Å². The van der Waals surface area contributed by atoms with Gasteiger partial charge in [-0.2, -0.15) is 0 Å². The van der Waals surface area contributed by atoms with Crippen molar-refractivity contribution in [3.05, 3.63) is 80.6 Å². The minimum atomic E-state index is -0.436. The lowest BCUT2D eigenvalue weighted by atomic mass is 10.1. The minimum Gasteiger partial charge on any atom is -0.384 e. The van der Waals surface area contributed by atoms with Gasteiger partial charge in [-0.05, 0) is 35.9 Å². The number of hydrogen-bond acceptors (Lipinski definition) is 5. The molecular formula is C26H26ClN3O4. The number of aliphatic hydroxyl groups is 1. The van der Waals surface area contributed by atoms with E-state index in [1.54, 1.807) is 24.4 Å². The molecule has 1 aromatic heterocycles. The van der Waals surface area contributed by atoms with Gasteiger partial charge in [-0.1, -0.05) is 35.6 Å². The molecule has 176 valence electrons. The van der Waals surface area contributed by atoms with Crippen LogP contribution in [0.25, 0.3) is 10.9 Å². The van der Waals surface area contributed by atoms with Crippen LogP contribution < -0.4 is 10.7 Å². The lowest BCUT2D eigenvalue weighted by molar-refractivity contribution is 0.0365. The standard InChI is InChI=1S/C26H26ClN3O4/c27-21-6-3-20(4-7-21)17-28-26(33)23-18-30(10-9-29-11-14-34-15-12-29)24-8-5-19(2-1-13-31)16-22(24)25(23)32/h3-8,16,18,31H,9-15,17H2,(H,28,33). The molecule has 0 bridgehead atoms. The van der Waals surface area contributed by atoms with Crippen LogP contribution in [0.2, 0.25) is 5.02 Å². The molecule has 3 aromatic rings. The predicted molar refractivity (Wildman–Crippen MR) is 132 cm³/mol. The van der Waals surface area contributed by atoms with Crippen LogP contribution in [0.15, 0.2) is 53.5 Å². The Morgan fingerprint density at radius 3 is 2.62 bits per heavy atom. The van der Waals surface area contributed by atoms with Gasteiger partial charge < -0.3 is 19.7 Å². The molecule has 2 heterocycles. The van der Waals surface area contributed by atoms with Crippen LogP contribution in [0.4, 0.5) is 0 Å². The van der Waals surface area contributed by atoms with Gasteiger partial charge in [0, 0.05) is 54.9 Å². The number of carbonyl (C=O) groups is 1. The number of fused-ring (bicyclic) bond motifs is 1. The number of halogens is 1. The summed E-state index contributed by atoms with van der Waals surface area (Å²) in [4.78, 5) is 28.6. The van der Waals surface area contributed by atoms with E-state index in [-0.39, 0.29) is 24.1 Å². The summed E-state index contributed by atoms with van der Waals surface area (Å²) in [5.41, 5.74) is 1.96. The maximum Gasteiger partial charge on any atom is 0.257 e. The summed E-state index contributed by atoms with van der Waals surface area (Å²) in [5, 5.41) is 12.9. The van der Waals surface area contributed by atoms with E-state index in [9.17, 15) is 9.59 Å². The highest BCUT2D eigenvalue weighted by molar-refractivity contribution is 6.30. The van der Waals surface area contributed by atoms with Gasteiger partial charge in [-0.15, -0.1) is 0 Å². The van der Waals surface area contributed by atoms with Crippen molar-refractivity contribution in [3.63, 3.8) is 0 Å². The Balaban J connectivity index is 1.65. The molecule has 0 atom stereocenters. The molecule has 1 saturated heterocycles. The number of amides is 1. The first-order chi connectivity index (χ1) is 16.5. The number of aromatic nitrogens is 1. The maximum absolute atomic E-state index is 13.3. The first-order valence-corrected chi connectivity index (χ1v) is 11.5. The lowest BCUT2D eigenvalue weighted by Crippen LogP contribution is -2.38. The second-order valence-electron chi connectivity index (χ2n) is 8.02. The average Bonchev–Trinajstić information content (AvgIpc) is 2.87. The highest BCUT2D eigenvalue weighted by Crippen LogP contribution is 2.16. The van der Waals surface area contributed by atoms with E-state index >= 15 is 0 Å². The largest absolute Gasteiger partial charge is 0.384 e. The molecule has 0 radical (unpaired) electrons. The molecule has 1 fully saturated rings. The monoisotopic (exact) mass is 479 g/mol. The smallest absolute Gasteiger partial charge is 0.257 e. The Morgan fingerprint density at radius 1 is 1.12 bits per heavy atom. The molecule has 1 aliphatic heterocycles. The molecule has 2 N–H and O–H groups in total. The summed E-state index contributed by atoms with van der Waals surface area (Å²) in [6, 6.07) is 12.5. The molecule has 8 heteroatoms. The maximum atomic E-state index is 13.3. The van der Waals surface area contributed by atoms with Crippen molar-refractivity contribution in [2.75, 3.05) is 39.5 Å². The fourth-order valence-corrected chi connectivity index (χ4v) is 4.04. The third-order valence-corrected chi connectivity index (χ3v) is 6.02. The van der Waals surface area contributed by atoms with E-state index in [1.165, 1.54) is 0 Å². The van der Waals surface area contributed by atoms with Gasteiger partial charge in [0.25, 0.3) is 5.91 Å². The summed E-state index contributed by atoms with van der Waals surface area (Å²) < 4.78 is 7.37. The van der Waals surface area contributed by atoms with Crippen LogP contribution in [-0.4, -0.2) is 59.9 Å². The first kappa shape index (κ1) is 24.0. The number of ether oxygens (including phenoxy) is 1. The van der Waals surface area contributed by atoms with Gasteiger partial charge in [0.2, 0.25) is 5.43 Å². The van der Waals surface area contributed by atoms with Crippen molar-refractivity contribution in [3.8, 4) is 11.8 Å². The summed E-state index contributed by atoms with van der Waals surface area (Å²) in [5.74, 6) is 5.00. The number of hydrogen-bond donors (Lipinski definition) is 2. The van der Waals surface area contributed by atoms with Gasteiger partial charge in [-0.3, -0.25) is 14.5 Å². The highest BCUT2D eigenvalue weighted by Gasteiger charge is 2.17. The van der Waals surface area contributed by atoms with Crippen molar-refractivity contribution in [1.82, 2.24) is 14.8 Å². The summed E-state index contributed by atoms with van der Waals surface area (Å²) in [7, 11) is 0. The molecule has 2 aromatic carbocycles. The van der Waals surface area contributed by atoms with Gasteiger partial charge in [0.1, 0.15) is 12.2 Å². The minimum absolute atomic E-state index is 0.0794. The van der Waals surface area contributed by atoms with E-state index in [4.69, 9.17) is 21.4 Å². The molecule has 1 amide bonds. The summed E-state index contributed by atoms with van der Waals surface area (Å²) in [6.07, 6.45) is 1.64. The van der Waals surface area contributed by atoms with Crippen LogP contribution >= 0.6 is 11.6 Å². The van der Waals surface area contributed by atoms with Crippen LogP contribution in [0.1, 0.15) is 21.5 Å². The number of morpholine rings is 1. The summed E-state index contributed by atoms with van der Waals surface area (Å²) in [6.45, 7) is 4.53. The van der Waals surface area contributed by atoms with E-state index in [0.717, 1.165) is 30.7 Å². The van der Waals surface area contributed by atoms with Crippen molar-refractivity contribution in [1.29, 1.82) is 0 Å². The normalized spacial score (nSPS) is 13.9. The lowest BCUT2D eigenvalue weighted by Gasteiger charge is -2.27. The quantitative estimate of drug-likeness (QED) is 0.530. The molecule has 34 heavy (non-hydrogen) atoms. The van der Waals surface area contributed by atoms with Gasteiger partial charge in [0.15, 0.2) is 0 Å². The van der Waals surface area contributed by atoms with E-state index < -0.39 is 5.91 Å². The molecule has 0 saturated carbocycles. The number of benzene rings is 2. The third kappa shape index (κ3) is 5.85. The van der Waals surface area contributed by atoms with Gasteiger partial charge >= 0.3 is 0 Å². The van der Waals surface area contributed by atoms with Gasteiger partial charge in [-0.25, -0.2) is 0 Å². The van der Waals surface area contributed by atoms with Crippen LogP contribution in [-0.2, 0) is 17.8 Å². The van der Waals surface area contributed by atoms with Crippen molar-refractivity contribution < 1.29 is 14.6 Å². The Hall–Kier alpha value is -3.15. The van der Waals surface area contributed by atoms with E-state index in [0.29, 0.717) is 35.7 Å². The van der Waals surface area contributed by atoms with Crippen LogP contribution in [0, 0.1) is 11.8 Å². The molecule has 1 aliphatic rings. The number of nitrogens with zero attached hydrogens (tertiary/aromatic N) is 2. The molecule has 4 rings (SSSR count). The predicted octanol–water partition coefficient (Wildman–Crippen LogP) is 2.26. The third-order valence-electron chi connectivity index (χ3n) is 5.76. The number of nitrogens with one attached hydrogen (secondary N) is 1. The molecular weight excluding hydrogens is 454 g/mol. The van der Waals surface area contributed by atoms with E-state index in [2.05, 4.69) is 22.1 Å². The Bertz CT molecular complexity index is 1290. The zero-order valence-corrected chi connectivity index (χ0v) is 19.5. The zero-order valence-electron chi connectivity index (χ0n) is 18.7.